The van der Waals surface area contributed by atoms with Crippen LogP contribution < -0.4 is 0 Å². The summed E-state index contributed by atoms with van der Waals surface area (Å²) in [6, 6.07) is 18.4. The molecule has 1 aliphatic heterocycles. The van der Waals surface area contributed by atoms with Crippen molar-refractivity contribution < 1.29 is 9.53 Å². The van der Waals surface area contributed by atoms with E-state index in [0.29, 0.717) is 32.7 Å². The molecular formula is C22H22N2O2. The quantitative estimate of drug-likeness (QED) is 0.727. The van der Waals surface area contributed by atoms with Gasteiger partial charge in [-0.15, -0.1) is 0 Å². The maximum atomic E-state index is 12.9. The highest BCUT2D eigenvalue weighted by Gasteiger charge is 2.21. The molecule has 4 heteroatoms. The van der Waals surface area contributed by atoms with Crippen molar-refractivity contribution in [2.24, 2.45) is 0 Å². The molecule has 1 fully saturated rings. The van der Waals surface area contributed by atoms with E-state index in [9.17, 15) is 4.79 Å². The average molecular weight is 346 g/mol. The molecule has 1 aromatic heterocycles. The molecule has 3 aromatic rings. The van der Waals surface area contributed by atoms with Gasteiger partial charge in [0.25, 0.3) is 0 Å². The van der Waals surface area contributed by atoms with Crippen LogP contribution in [0.2, 0.25) is 0 Å². The predicted molar refractivity (Wildman–Crippen MR) is 103 cm³/mol. The summed E-state index contributed by atoms with van der Waals surface area (Å²) in [6.45, 7) is 4.57. The van der Waals surface area contributed by atoms with Gasteiger partial charge in [-0.25, -0.2) is 0 Å². The standard InChI is InChI=1S/C22H22N2O2/c1-16-19(15-21(25)24-11-13-26-14-12-24)22(17-7-3-2-4-8-17)18-9-5-6-10-20(18)23-16/h2-10H,11-15H2,1H3. The lowest BCUT2D eigenvalue weighted by atomic mass is 9.92. The van der Waals surface area contributed by atoms with Gasteiger partial charge in [0.05, 0.1) is 25.2 Å². The number of fused-ring (bicyclic) bond motifs is 1. The Bertz CT molecular complexity index is 932. The predicted octanol–water partition coefficient (Wildman–Crippen LogP) is 3.61. The molecule has 132 valence electrons. The van der Waals surface area contributed by atoms with Crippen molar-refractivity contribution >= 4 is 16.8 Å². The van der Waals surface area contributed by atoms with E-state index in [-0.39, 0.29) is 5.91 Å². The van der Waals surface area contributed by atoms with Crippen LogP contribution in [0, 0.1) is 6.92 Å². The number of hydrogen-bond donors (Lipinski definition) is 0. The lowest BCUT2D eigenvalue weighted by molar-refractivity contribution is -0.134. The van der Waals surface area contributed by atoms with Gasteiger partial charge in [-0.1, -0.05) is 48.5 Å². The third-order valence-electron chi connectivity index (χ3n) is 4.95. The van der Waals surface area contributed by atoms with Gasteiger partial charge in [-0.05, 0) is 29.7 Å². The molecule has 0 radical (unpaired) electrons. The monoisotopic (exact) mass is 346 g/mol. The summed E-state index contributed by atoms with van der Waals surface area (Å²) in [5.74, 6) is 0.144. The first-order valence-electron chi connectivity index (χ1n) is 9.03. The van der Waals surface area contributed by atoms with Crippen LogP contribution in [0.25, 0.3) is 22.0 Å². The number of ether oxygens (including phenoxy) is 1. The fourth-order valence-corrected chi connectivity index (χ4v) is 3.60. The molecule has 2 heterocycles. The van der Waals surface area contributed by atoms with E-state index in [1.165, 1.54) is 0 Å². The number of aryl methyl sites for hydroxylation is 1. The molecule has 0 atom stereocenters. The second-order valence-corrected chi connectivity index (χ2v) is 6.60. The zero-order valence-corrected chi connectivity index (χ0v) is 14.9. The molecule has 0 spiro atoms. The number of rotatable bonds is 3. The molecular weight excluding hydrogens is 324 g/mol. The molecule has 4 nitrogen and oxygen atoms in total. The minimum Gasteiger partial charge on any atom is -0.378 e. The Morgan fingerprint density at radius 2 is 1.73 bits per heavy atom. The van der Waals surface area contributed by atoms with Crippen LogP contribution in [0.15, 0.2) is 54.6 Å². The van der Waals surface area contributed by atoms with Gasteiger partial charge in [-0.2, -0.15) is 0 Å². The van der Waals surface area contributed by atoms with Crippen LogP contribution in [-0.2, 0) is 16.0 Å². The van der Waals surface area contributed by atoms with E-state index in [1.807, 2.05) is 48.2 Å². The fourth-order valence-electron chi connectivity index (χ4n) is 3.60. The SMILES string of the molecule is Cc1nc2ccccc2c(-c2ccccc2)c1CC(=O)N1CCOCC1. The van der Waals surface area contributed by atoms with Gasteiger partial charge in [0.1, 0.15) is 0 Å². The van der Waals surface area contributed by atoms with Crippen molar-refractivity contribution in [2.75, 3.05) is 26.3 Å². The number of carbonyl (C=O) groups excluding carboxylic acids is 1. The number of amides is 1. The zero-order valence-electron chi connectivity index (χ0n) is 14.9. The van der Waals surface area contributed by atoms with Crippen LogP contribution in [0.5, 0.6) is 0 Å². The second-order valence-electron chi connectivity index (χ2n) is 6.60. The van der Waals surface area contributed by atoms with Gasteiger partial charge >= 0.3 is 0 Å². The lowest BCUT2D eigenvalue weighted by Crippen LogP contribution is -2.41. The number of hydrogen-bond acceptors (Lipinski definition) is 3. The average Bonchev–Trinajstić information content (AvgIpc) is 2.70. The van der Waals surface area contributed by atoms with Crippen molar-refractivity contribution in [3.05, 3.63) is 65.9 Å². The molecule has 1 aliphatic rings. The van der Waals surface area contributed by atoms with E-state index >= 15 is 0 Å². The zero-order chi connectivity index (χ0) is 17.9. The Kier molecular flexibility index (Phi) is 4.67. The van der Waals surface area contributed by atoms with E-state index in [4.69, 9.17) is 9.72 Å². The number of nitrogens with zero attached hydrogens (tertiary/aromatic N) is 2. The summed E-state index contributed by atoms with van der Waals surface area (Å²) < 4.78 is 5.37. The molecule has 4 rings (SSSR count). The minimum absolute atomic E-state index is 0.144. The summed E-state index contributed by atoms with van der Waals surface area (Å²) in [6.07, 6.45) is 0.369. The summed E-state index contributed by atoms with van der Waals surface area (Å²) in [7, 11) is 0. The van der Waals surface area contributed by atoms with Crippen LogP contribution >= 0.6 is 0 Å². The topological polar surface area (TPSA) is 42.4 Å². The first kappa shape index (κ1) is 16.7. The Labute approximate surface area is 153 Å². The van der Waals surface area contributed by atoms with Crippen molar-refractivity contribution in [3.8, 4) is 11.1 Å². The van der Waals surface area contributed by atoms with Gasteiger partial charge in [-0.3, -0.25) is 9.78 Å². The molecule has 0 N–H and O–H groups in total. The molecule has 0 unspecified atom stereocenters. The Morgan fingerprint density at radius 1 is 1.04 bits per heavy atom. The first-order chi connectivity index (χ1) is 12.7. The van der Waals surface area contributed by atoms with Gasteiger partial charge in [0, 0.05) is 24.2 Å². The summed E-state index contributed by atoms with van der Waals surface area (Å²) >= 11 is 0. The van der Waals surface area contributed by atoms with Crippen LogP contribution in [0.4, 0.5) is 0 Å². The molecule has 0 bridgehead atoms. The largest absolute Gasteiger partial charge is 0.378 e. The molecule has 26 heavy (non-hydrogen) atoms. The Morgan fingerprint density at radius 3 is 2.50 bits per heavy atom. The Hall–Kier alpha value is -2.72. The fraction of sp³-hybridized carbons (Fsp3) is 0.273. The summed E-state index contributed by atoms with van der Waals surface area (Å²) in [5.41, 5.74) is 5.15. The van der Waals surface area contributed by atoms with E-state index < -0.39 is 0 Å². The van der Waals surface area contributed by atoms with Gasteiger partial charge < -0.3 is 9.64 Å². The second kappa shape index (κ2) is 7.26. The van der Waals surface area contributed by atoms with Crippen LogP contribution in [-0.4, -0.2) is 42.1 Å². The summed E-state index contributed by atoms with van der Waals surface area (Å²) in [4.78, 5) is 19.5. The molecule has 0 saturated carbocycles. The lowest BCUT2D eigenvalue weighted by Gasteiger charge is -2.27. The maximum absolute atomic E-state index is 12.9. The number of benzene rings is 2. The highest BCUT2D eigenvalue weighted by atomic mass is 16.5. The number of morpholine rings is 1. The number of para-hydroxylation sites is 1. The van der Waals surface area contributed by atoms with Crippen LogP contribution in [0.1, 0.15) is 11.3 Å². The van der Waals surface area contributed by atoms with Gasteiger partial charge in [0.2, 0.25) is 5.91 Å². The van der Waals surface area contributed by atoms with E-state index in [0.717, 1.165) is 33.3 Å². The smallest absolute Gasteiger partial charge is 0.227 e. The van der Waals surface area contributed by atoms with Crippen molar-refractivity contribution in [1.29, 1.82) is 0 Å². The number of aromatic nitrogens is 1. The van der Waals surface area contributed by atoms with Gasteiger partial charge in [0.15, 0.2) is 0 Å². The highest BCUT2D eigenvalue weighted by Crippen LogP contribution is 2.33. The molecule has 1 saturated heterocycles. The Balaban J connectivity index is 1.82. The number of carbonyl (C=O) groups is 1. The maximum Gasteiger partial charge on any atom is 0.227 e. The van der Waals surface area contributed by atoms with E-state index in [2.05, 4.69) is 18.2 Å². The van der Waals surface area contributed by atoms with Crippen molar-refractivity contribution in [3.63, 3.8) is 0 Å². The third-order valence-corrected chi connectivity index (χ3v) is 4.95. The third kappa shape index (κ3) is 3.20. The molecule has 0 aliphatic carbocycles. The van der Waals surface area contributed by atoms with Crippen molar-refractivity contribution in [2.45, 2.75) is 13.3 Å². The minimum atomic E-state index is 0.144. The number of pyridine rings is 1. The highest BCUT2D eigenvalue weighted by molar-refractivity contribution is 5.98. The normalized spacial score (nSPS) is 14.6. The van der Waals surface area contributed by atoms with E-state index in [1.54, 1.807) is 0 Å². The van der Waals surface area contributed by atoms with Crippen LogP contribution in [0.3, 0.4) is 0 Å². The molecule has 2 aromatic carbocycles. The van der Waals surface area contributed by atoms with Crippen molar-refractivity contribution in [1.82, 2.24) is 9.88 Å². The first-order valence-corrected chi connectivity index (χ1v) is 9.03. The summed E-state index contributed by atoms with van der Waals surface area (Å²) in [5, 5.41) is 1.09. The molecule has 1 amide bonds.